The average molecular weight is 457 g/mol. The molecular weight excluding hydrogens is 439 g/mol. The summed E-state index contributed by atoms with van der Waals surface area (Å²) in [5, 5.41) is 6.85. The van der Waals surface area contributed by atoms with E-state index in [2.05, 4.69) is 15.4 Å². The number of anilines is 2. The van der Waals surface area contributed by atoms with E-state index in [-0.39, 0.29) is 16.9 Å². The fourth-order valence-corrected chi connectivity index (χ4v) is 3.93. The molecule has 5 rings (SSSR count). The lowest BCUT2D eigenvalue weighted by Crippen LogP contribution is -2.36. The molecule has 1 aliphatic heterocycles. The van der Waals surface area contributed by atoms with Crippen LogP contribution in [0, 0.1) is 0 Å². The van der Waals surface area contributed by atoms with Gasteiger partial charge in [-0.25, -0.2) is 4.52 Å². The van der Waals surface area contributed by atoms with Crippen LogP contribution in [-0.4, -0.2) is 46.8 Å². The van der Waals surface area contributed by atoms with Gasteiger partial charge in [0, 0.05) is 18.8 Å². The third-order valence-electron chi connectivity index (χ3n) is 5.56. The fraction of sp³-hybridized carbons (Fsp3) is 0.227. The molecule has 1 saturated heterocycles. The van der Waals surface area contributed by atoms with E-state index >= 15 is 0 Å². The van der Waals surface area contributed by atoms with E-state index in [9.17, 15) is 22.8 Å². The molecule has 0 spiro atoms. The molecule has 0 bridgehead atoms. The Morgan fingerprint density at radius 1 is 1.12 bits per heavy atom. The summed E-state index contributed by atoms with van der Waals surface area (Å²) in [7, 11) is 0. The number of H-pyrrole nitrogens is 1. The second kappa shape index (κ2) is 7.93. The molecule has 0 saturated carbocycles. The second-order valence-corrected chi connectivity index (χ2v) is 7.57. The minimum absolute atomic E-state index is 0.0526. The van der Waals surface area contributed by atoms with Gasteiger partial charge in [0.05, 0.1) is 41.6 Å². The van der Waals surface area contributed by atoms with E-state index in [4.69, 9.17) is 4.74 Å². The summed E-state index contributed by atoms with van der Waals surface area (Å²) in [5.74, 6) is -0.819. The number of carbonyl (C=O) groups excluding carboxylic acids is 1. The number of ether oxygens (including phenoxy) is 1. The molecule has 0 radical (unpaired) electrons. The first-order valence-corrected chi connectivity index (χ1v) is 10.2. The summed E-state index contributed by atoms with van der Waals surface area (Å²) >= 11 is 0. The third-order valence-corrected chi connectivity index (χ3v) is 5.56. The number of amides is 1. The van der Waals surface area contributed by atoms with Gasteiger partial charge >= 0.3 is 6.18 Å². The van der Waals surface area contributed by atoms with Gasteiger partial charge in [0.2, 0.25) is 0 Å². The number of para-hydroxylation sites is 1. The Kier molecular flexibility index (Phi) is 5.05. The number of halogens is 3. The standard InChI is InChI=1S/C22H18F3N5O3/c23-22(24,25)16-11-13(29-7-9-33-10-8-29)5-6-17(16)27-21(32)15-12-26-30-18-4-2-1-3-14(18)20(31)28-19(15)30/h1-6,11-12H,7-10H2,(H,27,32)(H,28,31). The van der Waals surface area contributed by atoms with Gasteiger partial charge < -0.3 is 19.9 Å². The van der Waals surface area contributed by atoms with Crippen molar-refractivity contribution in [1.82, 2.24) is 14.6 Å². The number of nitrogens with zero attached hydrogens (tertiary/aromatic N) is 3. The van der Waals surface area contributed by atoms with Crippen molar-refractivity contribution in [1.29, 1.82) is 0 Å². The average Bonchev–Trinajstić information content (AvgIpc) is 3.23. The quantitative estimate of drug-likeness (QED) is 0.493. The first-order chi connectivity index (χ1) is 15.8. The van der Waals surface area contributed by atoms with Crippen LogP contribution in [0.25, 0.3) is 16.6 Å². The van der Waals surface area contributed by atoms with E-state index in [0.717, 1.165) is 6.07 Å². The zero-order chi connectivity index (χ0) is 23.2. The van der Waals surface area contributed by atoms with Crippen molar-refractivity contribution in [3.05, 3.63) is 70.1 Å². The van der Waals surface area contributed by atoms with E-state index < -0.39 is 23.2 Å². The van der Waals surface area contributed by atoms with Crippen molar-refractivity contribution in [2.75, 3.05) is 36.5 Å². The first kappa shape index (κ1) is 21.0. The van der Waals surface area contributed by atoms with Crippen molar-refractivity contribution >= 4 is 33.8 Å². The molecule has 33 heavy (non-hydrogen) atoms. The monoisotopic (exact) mass is 457 g/mol. The molecule has 1 amide bonds. The smallest absolute Gasteiger partial charge is 0.378 e. The lowest BCUT2D eigenvalue weighted by molar-refractivity contribution is -0.136. The number of hydrogen-bond acceptors (Lipinski definition) is 5. The van der Waals surface area contributed by atoms with Crippen molar-refractivity contribution < 1.29 is 22.7 Å². The molecule has 0 atom stereocenters. The molecule has 170 valence electrons. The summed E-state index contributed by atoms with van der Waals surface area (Å²) < 4.78 is 48.1. The molecule has 3 heterocycles. The van der Waals surface area contributed by atoms with Crippen LogP contribution >= 0.6 is 0 Å². The number of hydrogen-bond donors (Lipinski definition) is 2. The summed E-state index contributed by atoms with van der Waals surface area (Å²) in [6.45, 7) is 1.82. The largest absolute Gasteiger partial charge is 0.418 e. The molecule has 2 N–H and O–H groups in total. The Morgan fingerprint density at radius 2 is 1.88 bits per heavy atom. The Morgan fingerprint density at radius 3 is 2.64 bits per heavy atom. The van der Waals surface area contributed by atoms with Crippen LogP contribution in [0.5, 0.6) is 0 Å². The summed E-state index contributed by atoms with van der Waals surface area (Å²) in [5.41, 5.74) is -0.866. The van der Waals surface area contributed by atoms with Gasteiger partial charge in [-0.05, 0) is 30.3 Å². The Labute approximate surface area is 184 Å². The maximum atomic E-state index is 13.8. The highest BCUT2D eigenvalue weighted by Crippen LogP contribution is 2.37. The van der Waals surface area contributed by atoms with E-state index in [1.54, 1.807) is 29.2 Å². The van der Waals surface area contributed by atoms with Gasteiger partial charge in [-0.3, -0.25) is 9.59 Å². The van der Waals surface area contributed by atoms with Crippen molar-refractivity contribution in [2.24, 2.45) is 0 Å². The Balaban J connectivity index is 1.52. The molecule has 1 fully saturated rings. The number of nitrogens with one attached hydrogen (secondary N) is 2. The van der Waals surface area contributed by atoms with E-state index in [1.165, 1.54) is 22.8 Å². The second-order valence-electron chi connectivity index (χ2n) is 7.57. The SMILES string of the molecule is O=C(Nc1ccc(N2CCOCC2)cc1C(F)(F)F)c1cnn2c1[nH]c(=O)c1ccccc12. The van der Waals surface area contributed by atoms with Crippen LogP contribution in [0.4, 0.5) is 24.5 Å². The number of carbonyl (C=O) groups is 1. The van der Waals surface area contributed by atoms with Crippen LogP contribution in [0.2, 0.25) is 0 Å². The normalized spacial score (nSPS) is 14.7. The van der Waals surface area contributed by atoms with Crippen LogP contribution < -0.4 is 15.8 Å². The van der Waals surface area contributed by atoms with Gasteiger partial charge in [-0.15, -0.1) is 0 Å². The Hall–Kier alpha value is -3.86. The van der Waals surface area contributed by atoms with Crippen LogP contribution in [0.3, 0.4) is 0 Å². The van der Waals surface area contributed by atoms with E-state index in [0.29, 0.717) is 42.9 Å². The number of aromatic nitrogens is 3. The van der Waals surface area contributed by atoms with Crippen LogP contribution in [0.1, 0.15) is 15.9 Å². The molecule has 11 heteroatoms. The number of fused-ring (bicyclic) bond motifs is 3. The number of aromatic amines is 1. The van der Waals surface area contributed by atoms with Crippen molar-refractivity contribution in [3.63, 3.8) is 0 Å². The minimum atomic E-state index is -4.68. The molecule has 1 aliphatic rings. The first-order valence-electron chi connectivity index (χ1n) is 10.2. The number of morpholine rings is 1. The van der Waals surface area contributed by atoms with Crippen molar-refractivity contribution in [2.45, 2.75) is 6.18 Å². The minimum Gasteiger partial charge on any atom is -0.378 e. The summed E-state index contributed by atoms with van der Waals surface area (Å²) in [4.78, 5) is 29.7. The van der Waals surface area contributed by atoms with Gasteiger partial charge in [0.15, 0.2) is 0 Å². The molecule has 2 aromatic carbocycles. The van der Waals surface area contributed by atoms with E-state index in [1.807, 2.05) is 0 Å². The highest BCUT2D eigenvalue weighted by molar-refractivity contribution is 6.09. The highest BCUT2D eigenvalue weighted by Gasteiger charge is 2.35. The molecule has 8 nitrogen and oxygen atoms in total. The predicted octanol–water partition coefficient (Wildman–Crippen LogP) is 3.28. The predicted molar refractivity (Wildman–Crippen MR) is 116 cm³/mol. The molecule has 2 aromatic heterocycles. The maximum absolute atomic E-state index is 13.8. The van der Waals surface area contributed by atoms with Crippen LogP contribution in [-0.2, 0) is 10.9 Å². The van der Waals surface area contributed by atoms with Gasteiger partial charge in [0.1, 0.15) is 11.2 Å². The van der Waals surface area contributed by atoms with Gasteiger partial charge in [-0.1, -0.05) is 12.1 Å². The topological polar surface area (TPSA) is 91.7 Å². The lowest BCUT2D eigenvalue weighted by atomic mass is 10.1. The number of benzene rings is 2. The summed E-state index contributed by atoms with van der Waals surface area (Å²) in [6, 6.07) is 10.5. The Bertz CT molecular complexity index is 1420. The van der Waals surface area contributed by atoms with Gasteiger partial charge in [-0.2, -0.15) is 18.3 Å². The third kappa shape index (κ3) is 3.80. The van der Waals surface area contributed by atoms with Crippen LogP contribution in [0.15, 0.2) is 53.5 Å². The molecule has 0 aliphatic carbocycles. The van der Waals surface area contributed by atoms with Crippen molar-refractivity contribution in [3.8, 4) is 0 Å². The molecule has 4 aromatic rings. The van der Waals surface area contributed by atoms with Gasteiger partial charge in [0.25, 0.3) is 11.5 Å². The fourth-order valence-electron chi connectivity index (χ4n) is 3.93. The number of rotatable bonds is 3. The lowest BCUT2D eigenvalue weighted by Gasteiger charge is -2.29. The summed E-state index contributed by atoms with van der Waals surface area (Å²) in [6.07, 6.45) is -3.47. The zero-order valence-corrected chi connectivity index (χ0v) is 17.1. The molecular formula is C22H18F3N5O3. The maximum Gasteiger partial charge on any atom is 0.418 e. The molecule has 0 unspecified atom stereocenters. The zero-order valence-electron chi connectivity index (χ0n) is 17.1. The highest BCUT2D eigenvalue weighted by atomic mass is 19.4. The number of alkyl halides is 3.